The van der Waals surface area contributed by atoms with Crippen molar-refractivity contribution in [1.29, 1.82) is 0 Å². The van der Waals surface area contributed by atoms with Gasteiger partial charge in [0.1, 0.15) is 0 Å². The smallest absolute Gasteiger partial charge is 0.0644 e. The number of hydrogen-bond acceptors (Lipinski definition) is 3. The molecule has 0 bridgehead atoms. The molecule has 0 aliphatic heterocycles. The van der Waals surface area contributed by atoms with Crippen LogP contribution in [0.3, 0.4) is 0 Å². The third-order valence-corrected chi connectivity index (χ3v) is 3.74. The maximum atomic E-state index is 5.95. The van der Waals surface area contributed by atoms with E-state index >= 15 is 0 Å². The van der Waals surface area contributed by atoms with Crippen LogP contribution in [0.5, 0.6) is 0 Å². The largest absolute Gasteiger partial charge is 0.324 e. The van der Waals surface area contributed by atoms with Crippen molar-refractivity contribution in [2.24, 2.45) is 5.73 Å². The molecule has 1 aromatic heterocycles. The lowest BCUT2D eigenvalue weighted by Crippen LogP contribution is -2.08. The molecule has 0 aromatic carbocycles. The Balaban J connectivity index is 2.64. The summed E-state index contributed by atoms with van der Waals surface area (Å²) in [5.41, 5.74) is 9.47. The van der Waals surface area contributed by atoms with E-state index in [2.05, 4.69) is 23.6 Å². The molecule has 0 amide bonds. The molecule has 3 nitrogen and oxygen atoms in total. The molecule has 2 N–H and O–H groups in total. The molecule has 1 atom stereocenters. The highest BCUT2D eigenvalue weighted by atomic mass is 32.2. The van der Waals surface area contributed by atoms with E-state index in [1.165, 1.54) is 29.2 Å². The zero-order chi connectivity index (χ0) is 12.1. The number of hydrogen-bond donors (Lipinski definition) is 1. The normalized spacial score (nSPS) is 13.1. The predicted octanol–water partition coefficient (Wildman–Crippen LogP) is 2.66. The third kappa shape index (κ3) is 3.25. The fourth-order valence-corrected chi connectivity index (χ4v) is 2.67. The van der Waals surface area contributed by atoms with Crippen molar-refractivity contribution >= 4 is 11.8 Å². The van der Waals surface area contributed by atoms with E-state index < -0.39 is 0 Å². The molecule has 1 unspecified atom stereocenters. The zero-order valence-electron chi connectivity index (χ0n) is 10.8. The predicted molar refractivity (Wildman–Crippen MR) is 71.9 cm³/mol. The van der Waals surface area contributed by atoms with Gasteiger partial charge in [0.15, 0.2) is 0 Å². The van der Waals surface area contributed by atoms with Crippen LogP contribution in [0.25, 0.3) is 0 Å². The number of nitrogens with two attached hydrogens (primary N) is 1. The lowest BCUT2D eigenvalue weighted by atomic mass is 10.1. The van der Waals surface area contributed by atoms with Gasteiger partial charge < -0.3 is 5.73 Å². The van der Waals surface area contributed by atoms with Crippen molar-refractivity contribution in [3.05, 3.63) is 17.0 Å². The van der Waals surface area contributed by atoms with Gasteiger partial charge in [-0.05, 0) is 38.7 Å². The molecule has 0 aliphatic rings. The number of aromatic nitrogens is 2. The van der Waals surface area contributed by atoms with Crippen LogP contribution in [0.1, 0.15) is 43.3 Å². The molecule has 0 radical (unpaired) electrons. The van der Waals surface area contributed by atoms with Crippen molar-refractivity contribution in [1.82, 2.24) is 9.78 Å². The zero-order valence-corrected chi connectivity index (χ0v) is 11.6. The Morgan fingerprint density at radius 2 is 2.12 bits per heavy atom. The molecular formula is C12H23N3S. The Morgan fingerprint density at radius 3 is 2.62 bits per heavy atom. The number of rotatable bonds is 6. The Bertz CT molecular complexity index is 331. The topological polar surface area (TPSA) is 43.8 Å². The molecule has 4 heteroatoms. The van der Waals surface area contributed by atoms with Crippen LogP contribution in [0.4, 0.5) is 0 Å². The first kappa shape index (κ1) is 13.6. The van der Waals surface area contributed by atoms with E-state index in [1.54, 1.807) is 0 Å². The van der Waals surface area contributed by atoms with Crippen LogP contribution in [0, 0.1) is 13.8 Å². The molecule has 0 saturated carbocycles. The van der Waals surface area contributed by atoms with Gasteiger partial charge >= 0.3 is 0 Å². The molecule has 16 heavy (non-hydrogen) atoms. The van der Waals surface area contributed by atoms with E-state index in [0.29, 0.717) is 0 Å². The highest BCUT2D eigenvalue weighted by Crippen LogP contribution is 2.19. The summed E-state index contributed by atoms with van der Waals surface area (Å²) in [5.74, 6) is 2.41. The minimum absolute atomic E-state index is 0.0822. The minimum Gasteiger partial charge on any atom is -0.324 e. The van der Waals surface area contributed by atoms with Crippen molar-refractivity contribution in [2.45, 2.75) is 46.7 Å². The van der Waals surface area contributed by atoms with Gasteiger partial charge in [0, 0.05) is 23.8 Å². The maximum absolute atomic E-state index is 5.95. The van der Waals surface area contributed by atoms with Gasteiger partial charge in [0.05, 0.1) is 5.69 Å². The van der Waals surface area contributed by atoms with Crippen molar-refractivity contribution in [3.8, 4) is 0 Å². The van der Waals surface area contributed by atoms with Gasteiger partial charge in [-0.1, -0.05) is 6.92 Å². The van der Waals surface area contributed by atoms with E-state index in [9.17, 15) is 0 Å². The third-order valence-electron chi connectivity index (χ3n) is 2.76. The summed E-state index contributed by atoms with van der Waals surface area (Å²) >= 11 is 1.98. The molecule has 92 valence electrons. The molecular weight excluding hydrogens is 218 g/mol. The first-order valence-electron chi connectivity index (χ1n) is 5.95. The fraction of sp³-hybridized carbons (Fsp3) is 0.750. The number of nitrogens with zero attached hydrogens (tertiary/aromatic N) is 2. The number of aryl methyl sites for hydroxylation is 2. The molecule has 1 rings (SSSR count). The summed E-state index contributed by atoms with van der Waals surface area (Å²) in [6.45, 7) is 9.39. The van der Waals surface area contributed by atoms with Crippen molar-refractivity contribution in [3.63, 3.8) is 0 Å². The Morgan fingerprint density at radius 1 is 1.44 bits per heavy atom. The highest BCUT2D eigenvalue weighted by Gasteiger charge is 2.13. The Hall–Kier alpha value is -0.480. The maximum Gasteiger partial charge on any atom is 0.0644 e. The first-order chi connectivity index (χ1) is 7.57. The molecule has 0 aliphatic carbocycles. The molecule has 0 spiro atoms. The standard InChI is InChI=1S/C12H23N3S/c1-5-16-8-6-7-15-11(4)12(9(2)13)10(3)14-15/h9H,5-8,13H2,1-4H3. The summed E-state index contributed by atoms with van der Waals surface area (Å²) in [6, 6.07) is 0.0822. The molecule has 0 fully saturated rings. The van der Waals surface area contributed by atoms with Crippen LogP contribution in [-0.4, -0.2) is 21.3 Å². The summed E-state index contributed by atoms with van der Waals surface area (Å²) < 4.78 is 2.10. The minimum atomic E-state index is 0.0822. The van der Waals surface area contributed by atoms with Crippen molar-refractivity contribution < 1.29 is 0 Å². The second-order valence-electron chi connectivity index (χ2n) is 4.15. The van der Waals surface area contributed by atoms with E-state index in [0.717, 1.165) is 12.2 Å². The second-order valence-corrected chi connectivity index (χ2v) is 5.54. The SMILES string of the molecule is CCSCCCn1nc(C)c(C(C)N)c1C. The Kier molecular flexibility index (Phi) is 5.35. The summed E-state index contributed by atoms with van der Waals surface area (Å²) in [5, 5.41) is 4.56. The highest BCUT2D eigenvalue weighted by molar-refractivity contribution is 7.99. The van der Waals surface area contributed by atoms with Crippen molar-refractivity contribution in [2.75, 3.05) is 11.5 Å². The van der Waals surface area contributed by atoms with Gasteiger partial charge in [-0.15, -0.1) is 0 Å². The van der Waals surface area contributed by atoms with Crippen LogP contribution in [0.15, 0.2) is 0 Å². The van der Waals surface area contributed by atoms with E-state index in [-0.39, 0.29) is 6.04 Å². The van der Waals surface area contributed by atoms with Gasteiger partial charge in [-0.3, -0.25) is 4.68 Å². The second kappa shape index (κ2) is 6.30. The lowest BCUT2D eigenvalue weighted by Gasteiger charge is -2.07. The average Bonchev–Trinajstić information content (AvgIpc) is 2.49. The van der Waals surface area contributed by atoms with E-state index in [4.69, 9.17) is 5.73 Å². The van der Waals surface area contributed by atoms with Crippen LogP contribution in [0.2, 0.25) is 0 Å². The van der Waals surface area contributed by atoms with Gasteiger partial charge in [0.2, 0.25) is 0 Å². The Labute approximate surface area is 103 Å². The average molecular weight is 241 g/mol. The number of thioether (sulfide) groups is 1. The van der Waals surface area contributed by atoms with Gasteiger partial charge in [-0.25, -0.2) is 0 Å². The first-order valence-corrected chi connectivity index (χ1v) is 7.10. The quantitative estimate of drug-likeness (QED) is 0.779. The molecule has 1 aromatic rings. The van der Waals surface area contributed by atoms with Crippen LogP contribution in [-0.2, 0) is 6.54 Å². The van der Waals surface area contributed by atoms with E-state index in [1.807, 2.05) is 25.6 Å². The monoisotopic (exact) mass is 241 g/mol. The van der Waals surface area contributed by atoms with Crippen LogP contribution >= 0.6 is 11.8 Å². The lowest BCUT2D eigenvalue weighted by molar-refractivity contribution is 0.585. The molecule has 0 saturated heterocycles. The molecule has 1 heterocycles. The van der Waals surface area contributed by atoms with Crippen LogP contribution < -0.4 is 5.73 Å². The summed E-state index contributed by atoms with van der Waals surface area (Å²) in [4.78, 5) is 0. The summed E-state index contributed by atoms with van der Waals surface area (Å²) in [6.07, 6.45) is 1.18. The van der Waals surface area contributed by atoms with Gasteiger partial charge in [-0.2, -0.15) is 16.9 Å². The van der Waals surface area contributed by atoms with Gasteiger partial charge in [0.25, 0.3) is 0 Å². The fourth-order valence-electron chi connectivity index (χ4n) is 2.05. The summed E-state index contributed by atoms with van der Waals surface area (Å²) in [7, 11) is 0.